The van der Waals surface area contributed by atoms with Crippen LogP contribution < -0.4 is 10.5 Å². The van der Waals surface area contributed by atoms with Crippen LogP contribution in [0.1, 0.15) is 25.0 Å². The summed E-state index contributed by atoms with van der Waals surface area (Å²) in [7, 11) is 0. The van der Waals surface area contributed by atoms with Crippen LogP contribution in [0.25, 0.3) is 0 Å². The summed E-state index contributed by atoms with van der Waals surface area (Å²) in [4.78, 5) is 11.2. The number of rotatable bonds is 4. The van der Waals surface area contributed by atoms with Gasteiger partial charge in [-0.05, 0) is 31.4 Å². The molecule has 2 N–H and O–H groups in total. The van der Waals surface area contributed by atoms with Crippen molar-refractivity contribution in [2.75, 3.05) is 0 Å². The number of aryl methyl sites for hydroxylation is 2. The maximum Gasteiger partial charge on any atom is 0.258 e. The zero-order valence-electron chi connectivity index (χ0n) is 10.3. The number of hydrogen-bond acceptors (Lipinski definition) is 2. The van der Waals surface area contributed by atoms with Crippen LogP contribution in [0.4, 0.5) is 0 Å². The first-order chi connectivity index (χ1) is 7.41. The molecule has 0 aliphatic heterocycles. The maximum atomic E-state index is 11.2. The van der Waals surface area contributed by atoms with E-state index in [9.17, 15) is 4.79 Å². The molecule has 0 bridgehead atoms. The smallest absolute Gasteiger partial charge is 0.258 e. The lowest BCUT2D eigenvalue weighted by Gasteiger charge is -2.20. The van der Waals surface area contributed by atoms with Crippen molar-refractivity contribution in [3.05, 3.63) is 29.3 Å². The average Bonchev–Trinajstić information content (AvgIpc) is 2.15. The topological polar surface area (TPSA) is 52.3 Å². The number of benzene rings is 1. The van der Waals surface area contributed by atoms with E-state index in [0.29, 0.717) is 0 Å². The molecular formula is C13H19NO2. The van der Waals surface area contributed by atoms with Crippen molar-refractivity contribution < 1.29 is 9.53 Å². The van der Waals surface area contributed by atoms with E-state index in [0.717, 1.165) is 11.3 Å². The first-order valence-electron chi connectivity index (χ1n) is 5.45. The molecule has 0 fully saturated rings. The van der Waals surface area contributed by atoms with Crippen LogP contribution in [0.3, 0.4) is 0 Å². The molecule has 0 aliphatic rings. The van der Waals surface area contributed by atoms with Crippen molar-refractivity contribution in [2.45, 2.75) is 33.8 Å². The maximum absolute atomic E-state index is 11.2. The molecule has 0 heterocycles. The molecule has 88 valence electrons. The van der Waals surface area contributed by atoms with Crippen LogP contribution in [-0.2, 0) is 4.79 Å². The summed E-state index contributed by atoms with van der Waals surface area (Å²) in [6.45, 7) is 7.81. The minimum absolute atomic E-state index is 0.0678. The summed E-state index contributed by atoms with van der Waals surface area (Å²) in [5, 5.41) is 0. The Balaban J connectivity index is 2.90. The van der Waals surface area contributed by atoms with E-state index in [2.05, 4.69) is 0 Å². The van der Waals surface area contributed by atoms with Crippen LogP contribution in [0.5, 0.6) is 5.75 Å². The summed E-state index contributed by atoms with van der Waals surface area (Å²) in [6, 6.07) is 5.86. The molecule has 1 unspecified atom stereocenters. The third-order valence-electron chi connectivity index (χ3n) is 2.47. The Morgan fingerprint density at radius 3 is 2.38 bits per heavy atom. The highest BCUT2D eigenvalue weighted by Crippen LogP contribution is 2.21. The number of nitrogens with two attached hydrogens (primary N) is 1. The molecule has 0 saturated heterocycles. The van der Waals surface area contributed by atoms with Gasteiger partial charge in [-0.3, -0.25) is 4.79 Å². The highest BCUT2D eigenvalue weighted by molar-refractivity contribution is 5.79. The van der Waals surface area contributed by atoms with E-state index in [1.165, 1.54) is 5.56 Å². The van der Waals surface area contributed by atoms with E-state index in [1.807, 2.05) is 45.9 Å². The van der Waals surface area contributed by atoms with Gasteiger partial charge in [-0.1, -0.05) is 31.5 Å². The van der Waals surface area contributed by atoms with E-state index in [1.54, 1.807) is 0 Å². The Morgan fingerprint density at radius 1 is 1.31 bits per heavy atom. The van der Waals surface area contributed by atoms with Gasteiger partial charge in [0.05, 0.1) is 0 Å². The van der Waals surface area contributed by atoms with Crippen molar-refractivity contribution in [3.8, 4) is 5.75 Å². The molecule has 3 heteroatoms. The van der Waals surface area contributed by atoms with Crippen LogP contribution in [0, 0.1) is 19.8 Å². The van der Waals surface area contributed by atoms with Gasteiger partial charge in [0.2, 0.25) is 0 Å². The minimum atomic E-state index is -0.568. The Kier molecular flexibility index (Phi) is 3.93. The molecule has 16 heavy (non-hydrogen) atoms. The first kappa shape index (κ1) is 12.6. The molecule has 1 aromatic carbocycles. The van der Waals surface area contributed by atoms with E-state index in [4.69, 9.17) is 10.5 Å². The van der Waals surface area contributed by atoms with E-state index < -0.39 is 12.0 Å². The highest BCUT2D eigenvalue weighted by Gasteiger charge is 2.21. The van der Waals surface area contributed by atoms with Crippen molar-refractivity contribution in [2.24, 2.45) is 11.7 Å². The zero-order chi connectivity index (χ0) is 12.3. The number of carbonyl (C=O) groups is 1. The standard InChI is InChI=1S/C13H19NO2/c1-8(2)12(13(14)15)16-11-6-5-9(3)7-10(11)4/h5-8,12H,1-4H3,(H2,14,15). The number of amides is 1. The van der Waals surface area contributed by atoms with Gasteiger partial charge in [0.25, 0.3) is 5.91 Å². The Hall–Kier alpha value is -1.51. The van der Waals surface area contributed by atoms with Crippen molar-refractivity contribution in [1.29, 1.82) is 0 Å². The molecule has 0 aliphatic carbocycles. The number of primary amides is 1. The monoisotopic (exact) mass is 221 g/mol. The van der Waals surface area contributed by atoms with Crippen LogP contribution in [0.2, 0.25) is 0 Å². The number of hydrogen-bond donors (Lipinski definition) is 1. The van der Waals surface area contributed by atoms with Crippen molar-refractivity contribution in [3.63, 3.8) is 0 Å². The fourth-order valence-electron chi connectivity index (χ4n) is 1.59. The SMILES string of the molecule is Cc1ccc(OC(C(N)=O)C(C)C)c(C)c1. The largest absolute Gasteiger partial charge is 0.480 e. The molecule has 1 atom stereocenters. The molecule has 0 saturated carbocycles. The lowest BCUT2D eigenvalue weighted by molar-refractivity contribution is -0.126. The van der Waals surface area contributed by atoms with E-state index in [-0.39, 0.29) is 5.92 Å². The second kappa shape index (κ2) is 5.01. The number of ether oxygens (including phenoxy) is 1. The van der Waals surface area contributed by atoms with Crippen LogP contribution >= 0.6 is 0 Å². The van der Waals surface area contributed by atoms with Gasteiger partial charge in [-0.15, -0.1) is 0 Å². The molecule has 1 aromatic rings. The second-order valence-electron chi connectivity index (χ2n) is 4.45. The third kappa shape index (κ3) is 2.99. The van der Waals surface area contributed by atoms with Gasteiger partial charge in [-0.25, -0.2) is 0 Å². The summed E-state index contributed by atoms with van der Waals surface area (Å²) in [5.74, 6) is 0.372. The molecule has 0 aromatic heterocycles. The predicted octanol–water partition coefficient (Wildman–Crippen LogP) is 2.19. The summed E-state index contributed by atoms with van der Waals surface area (Å²) in [6.07, 6.45) is -0.568. The Bertz CT molecular complexity index is 386. The Morgan fingerprint density at radius 2 is 1.94 bits per heavy atom. The summed E-state index contributed by atoms with van der Waals surface area (Å²) < 4.78 is 5.65. The fourth-order valence-corrected chi connectivity index (χ4v) is 1.59. The first-order valence-corrected chi connectivity index (χ1v) is 5.45. The van der Waals surface area contributed by atoms with Gasteiger partial charge in [0.15, 0.2) is 6.10 Å². The fraction of sp³-hybridized carbons (Fsp3) is 0.462. The van der Waals surface area contributed by atoms with Gasteiger partial charge < -0.3 is 10.5 Å². The van der Waals surface area contributed by atoms with Gasteiger partial charge in [0, 0.05) is 0 Å². The number of carbonyl (C=O) groups excluding carboxylic acids is 1. The van der Waals surface area contributed by atoms with Gasteiger partial charge in [0.1, 0.15) is 5.75 Å². The van der Waals surface area contributed by atoms with Crippen LogP contribution in [-0.4, -0.2) is 12.0 Å². The van der Waals surface area contributed by atoms with Crippen molar-refractivity contribution >= 4 is 5.91 Å². The van der Waals surface area contributed by atoms with E-state index >= 15 is 0 Å². The predicted molar refractivity (Wildman–Crippen MR) is 64.4 cm³/mol. The molecule has 1 amide bonds. The summed E-state index contributed by atoms with van der Waals surface area (Å²) in [5.41, 5.74) is 7.49. The zero-order valence-corrected chi connectivity index (χ0v) is 10.3. The molecule has 0 radical (unpaired) electrons. The molecular weight excluding hydrogens is 202 g/mol. The van der Waals surface area contributed by atoms with Gasteiger partial charge >= 0.3 is 0 Å². The second-order valence-corrected chi connectivity index (χ2v) is 4.45. The summed E-state index contributed by atoms with van der Waals surface area (Å²) >= 11 is 0. The quantitative estimate of drug-likeness (QED) is 0.847. The van der Waals surface area contributed by atoms with Gasteiger partial charge in [-0.2, -0.15) is 0 Å². The third-order valence-corrected chi connectivity index (χ3v) is 2.47. The molecule has 3 nitrogen and oxygen atoms in total. The lowest BCUT2D eigenvalue weighted by atomic mass is 10.1. The minimum Gasteiger partial charge on any atom is -0.480 e. The molecule has 0 spiro atoms. The van der Waals surface area contributed by atoms with Crippen LogP contribution in [0.15, 0.2) is 18.2 Å². The average molecular weight is 221 g/mol. The highest BCUT2D eigenvalue weighted by atomic mass is 16.5. The normalized spacial score (nSPS) is 12.6. The Labute approximate surface area is 96.6 Å². The molecule has 1 rings (SSSR count). The van der Waals surface area contributed by atoms with Crippen molar-refractivity contribution in [1.82, 2.24) is 0 Å². The lowest BCUT2D eigenvalue weighted by Crippen LogP contribution is -2.38.